The van der Waals surface area contributed by atoms with Crippen LogP contribution in [0.4, 0.5) is 23.0 Å². The minimum absolute atomic E-state index is 0.0603. The number of anilines is 4. The third kappa shape index (κ3) is 4.32. The van der Waals surface area contributed by atoms with E-state index < -0.39 is 10.0 Å². The second-order valence-corrected chi connectivity index (χ2v) is 8.02. The van der Waals surface area contributed by atoms with E-state index in [1.807, 2.05) is 48.5 Å². The molecule has 0 radical (unpaired) electrons. The van der Waals surface area contributed by atoms with Crippen LogP contribution in [0.2, 0.25) is 0 Å². The molecule has 4 rings (SSSR count). The molecule has 0 bridgehead atoms. The monoisotopic (exact) mass is 421 g/mol. The van der Waals surface area contributed by atoms with Crippen LogP contribution >= 0.6 is 0 Å². The lowest BCUT2D eigenvalue weighted by molar-refractivity contribution is 0.271. The highest BCUT2D eigenvalue weighted by molar-refractivity contribution is 7.92. The number of benzene rings is 3. The maximum Gasteiger partial charge on any atom is 0.263 e. The van der Waals surface area contributed by atoms with E-state index in [0.717, 1.165) is 5.69 Å². The number of hydrogen-bond acceptors (Lipinski definition) is 7. The molecule has 0 amide bonds. The maximum absolute atomic E-state index is 13.0. The highest BCUT2D eigenvalue weighted by Crippen LogP contribution is 2.27. The Kier molecular flexibility index (Phi) is 5.46. The summed E-state index contributed by atoms with van der Waals surface area (Å²) in [5, 5.41) is 3.14. The van der Waals surface area contributed by atoms with Gasteiger partial charge in [0.05, 0.1) is 28.7 Å². The summed E-state index contributed by atoms with van der Waals surface area (Å²) in [6, 6.07) is 22.9. The Hall–Kier alpha value is -3.69. The van der Waals surface area contributed by atoms with Gasteiger partial charge >= 0.3 is 0 Å². The Morgan fingerprint density at radius 3 is 2.10 bits per heavy atom. The lowest BCUT2D eigenvalue weighted by atomic mass is 10.3. The van der Waals surface area contributed by atoms with E-state index in [0.29, 0.717) is 22.5 Å². The maximum atomic E-state index is 13.0. The van der Waals surface area contributed by atoms with Crippen LogP contribution in [0.25, 0.3) is 11.0 Å². The SMILES string of the molecule is CONc1cccc(S(=O)(=O)Nc2nc3ccccc3nc2Nc2ccccc2)c1. The van der Waals surface area contributed by atoms with Crippen LogP contribution in [0, 0.1) is 0 Å². The molecule has 0 fully saturated rings. The van der Waals surface area contributed by atoms with Crippen molar-refractivity contribution >= 4 is 44.1 Å². The largest absolute Gasteiger partial charge is 0.337 e. The summed E-state index contributed by atoms with van der Waals surface area (Å²) in [4.78, 5) is 14.0. The Labute approximate surface area is 174 Å². The van der Waals surface area contributed by atoms with E-state index in [1.54, 1.807) is 18.2 Å². The quantitative estimate of drug-likeness (QED) is 0.385. The van der Waals surface area contributed by atoms with E-state index in [1.165, 1.54) is 19.2 Å². The predicted octanol–water partition coefficient (Wildman–Crippen LogP) is 4.15. The molecule has 0 spiro atoms. The van der Waals surface area contributed by atoms with E-state index in [2.05, 4.69) is 25.5 Å². The number of nitrogens with one attached hydrogen (secondary N) is 3. The van der Waals surface area contributed by atoms with Crippen molar-refractivity contribution in [3.05, 3.63) is 78.9 Å². The van der Waals surface area contributed by atoms with Crippen LogP contribution in [0.5, 0.6) is 0 Å². The zero-order valence-electron chi connectivity index (χ0n) is 16.0. The number of rotatable bonds is 7. The number of hydrogen-bond donors (Lipinski definition) is 3. The molecule has 3 aromatic carbocycles. The average Bonchev–Trinajstić information content (AvgIpc) is 2.75. The second-order valence-electron chi connectivity index (χ2n) is 6.34. The zero-order valence-corrected chi connectivity index (χ0v) is 16.8. The molecule has 0 aliphatic heterocycles. The first-order chi connectivity index (χ1) is 14.5. The molecular formula is C21H19N5O3S. The molecule has 4 aromatic rings. The Morgan fingerprint density at radius 1 is 0.767 bits per heavy atom. The molecule has 0 unspecified atom stereocenters. The van der Waals surface area contributed by atoms with Crippen molar-refractivity contribution in [2.45, 2.75) is 4.90 Å². The molecule has 9 heteroatoms. The standard InChI is InChI=1S/C21H19N5O3S/c1-29-25-16-10-7-11-17(14-16)30(27,28)26-21-20(22-15-8-3-2-4-9-15)23-18-12-5-6-13-19(18)24-21/h2-14,25H,1H3,(H,22,23)(H,24,26). The van der Waals surface area contributed by atoms with Crippen LogP contribution < -0.4 is 15.5 Å². The van der Waals surface area contributed by atoms with Gasteiger partial charge in [0.15, 0.2) is 11.6 Å². The molecule has 1 heterocycles. The molecule has 0 aliphatic rings. The van der Waals surface area contributed by atoms with Gasteiger partial charge in [-0.05, 0) is 42.5 Å². The Bertz CT molecular complexity index is 1280. The van der Waals surface area contributed by atoms with Gasteiger partial charge in [0.2, 0.25) is 0 Å². The molecule has 0 aliphatic carbocycles. The van der Waals surface area contributed by atoms with Gasteiger partial charge in [0.1, 0.15) is 0 Å². The van der Waals surface area contributed by atoms with Crippen molar-refractivity contribution in [3.8, 4) is 0 Å². The van der Waals surface area contributed by atoms with Gasteiger partial charge < -0.3 is 5.32 Å². The number of aromatic nitrogens is 2. The molecule has 3 N–H and O–H groups in total. The smallest absolute Gasteiger partial charge is 0.263 e. The first-order valence-electron chi connectivity index (χ1n) is 9.06. The van der Waals surface area contributed by atoms with Gasteiger partial charge in [-0.25, -0.2) is 18.4 Å². The van der Waals surface area contributed by atoms with Crippen LogP contribution in [-0.4, -0.2) is 25.5 Å². The zero-order chi connectivity index (χ0) is 21.0. The van der Waals surface area contributed by atoms with Crippen molar-refractivity contribution in [2.75, 3.05) is 22.6 Å². The van der Waals surface area contributed by atoms with Crippen molar-refractivity contribution in [1.29, 1.82) is 0 Å². The van der Waals surface area contributed by atoms with Gasteiger partial charge in [-0.1, -0.05) is 36.4 Å². The summed E-state index contributed by atoms with van der Waals surface area (Å²) in [5.74, 6) is 0.400. The van der Waals surface area contributed by atoms with E-state index >= 15 is 0 Å². The van der Waals surface area contributed by atoms with Gasteiger partial charge in [0, 0.05) is 5.69 Å². The fraction of sp³-hybridized carbons (Fsp3) is 0.0476. The lowest BCUT2D eigenvalue weighted by Crippen LogP contribution is -2.16. The van der Waals surface area contributed by atoms with Gasteiger partial charge in [-0.2, -0.15) is 0 Å². The van der Waals surface area contributed by atoms with Gasteiger partial charge in [0.25, 0.3) is 10.0 Å². The molecule has 0 atom stereocenters. The average molecular weight is 421 g/mol. The van der Waals surface area contributed by atoms with E-state index in [-0.39, 0.29) is 10.7 Å². The van der Waals surface area contributed by atoms with Crippen LogP contribution in [-0.2, 0) is 14.9 Å². The molecule has 0 saturated heterocycles. The van der Waals surface area contributed by atoms with E-state index in [4.69, 9.17) is 4.84 Å². The second kappa shape index (κ2) is 8.36. The minimum atomic E-state index is -3.93. The summed E-state index contributed by atoms with van der Waals surface area (Å²) < 4.78 is 28.6. The Morgan fingerprint density at radius 2 is 1.40 bits per heavy atom. The van der Waals surface area contributed by atoms with Gasteiger partial charge in [-0.3, -0.25) is 15.0 Å². The minimum Gasteiger partial charge on any atom is -0.337 e. The first kappa shape index (κ1) is 19.6. The van der Waals surface area contributed by atoms with Crippen LogP contribution in [0.1, 0.15) is 0 Å². The molecule has 1 aromatic heterocycles. The molecular weight excluding hydrogens is 402 g/mol. The summed E-state index contributed by atoms with van der Waals surface area (Å²) in [6.07, 6.45) is 0. The third-order valence-corrected chi connectivity index (χ3v) is 5.54. The van der Waals surface area contributed by atoms with E-state index in [9.17, 15) is 8.42 Å². The highest BCUT2D eigenvalue weighted by atomic mass is 32.2. The highest BCUT2D eigenvalue weighted by Gasteiger charge is 2.19. The van der Waals surface area contributed by atoms with Crippen LogP contribution in [0.15, 0.2) is 83.8 Å². The summed E-state index contributed by atoms with van der Waals surface area (Å²) in [7, 11) is -2.48. The predicted molar refractivity (Wildman–Crippen MR) is 117 cm³/mol. The van der Waals surface area contributed by atoms with Crippen LogP contribution in [0.3, 0.4) is 0 Å². The number of sulfonamides is 1. The van der Waals surface area contributed by atoms with Crippen molar-refractivity contribution < 1.29 is 13.3 Å². The fourth-order valence-corrected chi connectivity index (χ4v) is 3.90. The lowest BCUT2D eigenvalue weighted by Gasteiger charge is -2.14. The van der Waals surface area contributed by atoms with Gasteiger partial charge in [-0.15, -0.1) is 0 Å². The fourth-order valence-electron chi connectivity index (χ4n) is 2.85. The number of para-hydroxylation sites is 3. The first-order valence-corrected chi connectivity index (χ1v) is 10.5. The topological polar surface area (TPSA) is 105 Å². The number of nitrogens with zero attached hydrogens (tertiary/aromatic N) is 2. The molecule has 30 heavy (non-hydrogen) atoms. The summed E-state index contributed by atoms with van der Waals surface area (Å²) in [6.45, 7) is 0. The number of fused-ring (bicyclic) bond motifs is 1. The molecule has 152 valence electrons. The van der Waals surface area contributed by atoms with Crippen molar-refractivity contribution in [2.24, 2.45) is 0 Å². The normalized spacial score (nSPS) is 11.2. The van der Waals surface area contributed by atoms with Crippen molar-refractivity contribution in [1.82, 2.24) is 9.97 Å². The summed E-state index contributed by atoms with van der Waals surface area (Å²) in [5.41, 5.74) is 5.10. The Balaban J connectivity index is 1.75. The summed E-state index contributed by atoms with van der Waals surface area (Å²) >= 11 is 0. The molecule has 8 nitrogen and oxygen atoms in total. The third-order valence-electron chi connectivity index (χ3n) is 4.20. The molecule has 0 saturated carbocycles. The van der Waals surface area contributed by atoms with Crippen molar-refractivity contribution in [3.63, 3.8) is 0 Å².